The minimum absolute atomic E-state index is 0.00154. The second kappa shape index (κ2) is 9.68. The standard InChI is InChI=1S/C18H21N3O3S/c1-25-15-8-9-16(19-12-15)21-18(24)20-14(7-10-17(22)23)11-13-5-3-2-4-6-13/h2-6,8-9,12,14H,7,10-11H2,1H3,(H,22,23)(H2,19,20,21,24). The molecule has 0 saturated carbocycles. The van der Waals surface area contributed by atoms with Gasteiger partial charge in [0.15, 0.2) is 0 Å². The van der Waals surface area contributed by atoms with Crippen molar-refractivity contribution in [3.05, 3.63) is 54.2 Å². The van der Waals surface area contributed by atoms with Crippen LogP contribution in [0.5, 0.6) is 0 Å². The monoisotopic (exact) mass is 359 g/mol. The number of rotatable bonds is 8. The van der Waals surface area contributed by atoms with Crippen molar-refractivity contribution in [1.29, 1.82) is 0 Å². The van der Waals surface area contributed by atoms with Crippen LogP contribution < -0.4 is 10.6 Å². The molecule has 2 aromatic rings. The van der Waals surface area contributed by atoms with Gasteiger partial charge in [-0.05, 0) is 36.8 Å². The summed E-state index contributed by atoms with van der Waals surface area (Å²) >= 11 is 1.57. The summed E-state index contributed by atoms with van der Waals surface area (Å²) in [6.45, 7) is 0. The minimum Gasteiger partial charge on any atom is -0.481 e. The number of carboxylic acid groups (broad SMARTS) is 1. The third kappa shape index (κ3) is 6.84. The first-order chi connectivity index (χ1) is 12.1. The van der Waals surface area contributed by atoms with Crippen molar-refractivity contribution < 1.29 is 14.7 Å². The van der Waals surface area contributed by atoms with Gasteiger partial charge < -0.3 is 10.4 Å². The Balaban J connectivity index is 1.95. The van der Waals surface area contributed by atoms with Crippen molar-refractivity contribution in [2.24, 2.45) is 0 Å². The molecule has 0 aliphatic heterocycles. The largest absolute Gasteiger partial charge is 0.481 e. The number of aliphatic carboxylic acids is 1. The molecule has 25 heavy (non-hydrogen) atoms. The van der Waals surface area contributed by atoms with Gasteiger partial charge >= 0.3 is 12.0 Å². The molecule has 0 saturated heterocycles. The molecule has 2 amide bonds. The number of benzene rings is 1. The predicted molar refractivity (Wildman–Crippen MR) is 99.0 cm³/mol. The van der Waals surface area contributed by atoms with Gasteiger partial charge in [0.05, 0.1) is 0 Å². The molecule has 132 valence electrons. The van der Waals surface area contributed by atoms with Crippen LogP contribution in [0, 0.1) is 0 Å². The van der Waals surface area contributed by atoms with E-state index >= 15 is 0 Å². The average Bonchev–Trinajstić information content (AvgIpc) is 2.61. The number of carbonyl (C=O) groups is 2. The van der Waals surface area contributed by atoms with Crippen molar-refractivity contribution in [2.45, 2.75) is 30.2 Å². The number of anilines is 1. The molecule has 7 heteroatoms. The number of hydrogen-bond acceptors (Lipinski definition) is 4. The summed E-state index contributed by atoms with van der Waals surface area (Å²) in [5.74, 6) is -0.429. The summed E-state index contributed by atoms with van der Waals surface area (Å²) in [4.78, 5) is 28.2. The van der Waals surface area contributed by atoms with E-state index in [1.807, 2.05) is 42.7 Å². The van der Waals surface area contributed by atoms with Crippen molar-refractivity contribution in [1.82, 2.24) is 10.3 Å². The van der Waals surface area contributed by atoms with Crippen LogP contribution in [0.15, 0.2) is 53.6 Å². The molecule has 1 heterocycles. The summed E-state index contributed by atoms with van der Waals surface area (Å²) in [6.07, 6.45) is 4.56. The van der Waals surface area contributed by atoms with Crippen LogP contribution in [0.4, 0.5) is 10.6 Å². The van der Waals surface area contributed by atoms with Gasteiger partial charge in [-0.1, -0.05) is 30.3 Å². The molecular weight excluding hydrogens is 338 g/mol. The quantitative estimate of drug-likeness (QED) is 0.628. The van der Waals surface area contributed by atoms with E-state index in [1.54, 1.807) is 24.0 Å². The minimum atomic E-state index is -0.880. The molecule has 6 nitrogen and oxygen atoms in total. The molecule has 0 bridgehead atoms. The lowest BCUT2D eigenvalue weighted by Gasteiger charge is -2.18. The third-order valence-corrected chi connectivity index (χ3v) is 4.29. The summed E-state index contributed by atoms with van der Waals surface area (Å²) in [6, 6.07) is 12.6. The maximum absolute atomic E-state index is 12.2. The number of nitrogens with zero attached hydrogens (tertiary/aromatic N) is 1. The number of pyridine rings is 1. The number of nitrogens with one attached hydrogen (secondary N) is 2. The fourth-order valence-electron chi connectivity index (χ4n) is 2.33. The average molecular weight is 359 g/mol. The first-order valence-corrected chi connectivity index (χ1v) is 9.12. The highest BCUT2D eigenvalue weighted by Crippen LogP contribution is 2.14. The topological polar surface area (TPSA) is 91.3 Å². The van der Waals surface area contributed by atoms with Crippen LogP contribution in [0.25, 0.3) is 0 Å². The number of urea groups is 1. The van der Waals surface area contributed by atoms with E-state index in [4.69, 9.17) is 5.11 Å². The zero-order valence-corrected chi connectivity index (χ0v) is 14.8. The van der Waals surface area contributed by atoms with Crippen LogP contribution in [0.1, 0.15) is 18.4 Å². The van der Waals surface area contributed by atoms with Gasteiger partial charge in [0, 0.05) is 23.6 Å². The SMILES string of the molecule is CSc1ccc(NC(=O)NC(CCC(=O)O)Cc2ccccc2)nc1. The molecule has 1 aromatic heterocycles. The molecule has 1 aromatic carbocycles. The van der Waals surface area contributed by atoms with E-state index in [1.165, 1.54) is 0 Å². The van der Waals surface area contributed by atoms with Crippen molar-refractivity contribution in [3.63, 3.8) is 0 Å². The van der Waals surface area contributed by atoms with Crippen molar-refractivity contribution in [2.75, 3.05) is 11.6 Å². The molecule has 2 rings (SSSR count). The van der Waals surface area contributed by atoms with Crippen LogP contribution in [-0.4, -0.2) is 34.4 Å². The van der Waals surface area contributed by atoms with Gasteiger partial charge in [0.2, 0.25) is 0 Å². The highest BCUT2D eigenvalue weighted by Gasteiger charge is 2.15. The molecule has 0 aliphatic rings. The zero-order chi connectivity index (χ0) is 18.1. The Morgan fingerprint density at radius 2 is 1.96 bits per heavy atom. The highest BCUT2D eigenvalue weighted by atomic mass is 32.2. The van der Waals surface area contributed by atoms with Crippen molar-refractivity contribution in [3.8, 4) is 0 Å². The van der Waals surface area contributed by atoms with Crippen LogP contribution >= 0.6 is 11.8 Å². The summed E-state index contributed by atoms with van der Waals surface area (Å²) in [5, 5.41) is 14.4. The molecule has 0 fully saturated rings. The second-order valence-corrected chi connectivity index (χ2v) is 6.38. The maximum atomic E-state index is 12.2. The molecule has 0 radical (unpaired) electrons. The Bertz CT molecular complexity index is 692. The second-order valence-electron chi connectivity index (χ2n) is 5.50. The van der Waals surface area contributed by atoms with Crippen LogP contribution in [0.3, 0.4) is 0 Å². The Labute approximate surface area is 151 Å². The van der Waals surface area contributed by atoms with Gasteiger partial charge in [-0.25, -0.2) is 9.78 Å². The smallest absolute Gasteiger partial charge is 0.320 e. The van der Waals surface area contributed by atoms with E-state index in [0.717, 1.165) is 10.5 Å². The van der Waals surface area contributed by atoms with Gasteiger partial charge in [-0.3, -0.25) is 10.1 Å². The van der Waals surface area contributed by atoms with Gasteiger partial charge in [0.1, 0.15) is 5.82 Å². The summed E-state index contributed by atoms with van der Waals surface area (Å²) < 4.78 is 0. The molecule has 0 spiro atoms. The Morgan fingerprint density at radius 1 is 1.20 bits per heavy atom. The number of amides is 2. The predicted octanol–water partition coefficient (Wildman–Crippen LogP) is 3.40. The number of hydrogen-bond donors (Lipinski definition) is 3. The number of aromatic nitrogens is 1. The van der Waals surface area contributed by atoms with Gasteiger partial charge in [0.25, 0.3) is 0 Å². The summed E-state index contributed by atoms with van der Waals surface area (Å²) in [5.41, 5.74) is 1.04. The Morgan fingerprint density at radius 3 is 2.56 bits per heavy atom. The zero-order valence-electron chi connectivity index (χ0n) is 13.9. The van der Waals surface area contributed by atoms with E-state index in [2.05, 4.69) is 15.6 Å². The fraction of sp³-hybridized carbons (Fsp3) is 0.278. The van der Waals surface area contributed by atoms with Crippen LogP contribution in [0.2, 0.25) is 0 Å². The lowest BCUT2D eigenvalue weighted by molar-refractivity contribution is -0.137. The highest BCUT2D eigenvalue weighted by molar-refractivity contribution is 7.98. The fourth-order valence-corrected chi connectivity index (χ4v) is 2.70. The van der Waals surface area contributed by atoms with Gasteiger partial charge in [-0.15, -0.1) is 11.8 Å². The number of thioether (sulfide) groups is 1. The van der Waals surface area contributed by atoms with E-state index in [-0.39, 0.29) is 12.5 Å². The van der Waals surface area contributed by atoms with E-state index in [0.29, 0.717) is 18.7 Å². The van der Waals surface area contributed by atoms with E-state index in [9.17, 15) is 9.59 Å². The van der Waals surface area contributed by atoms with Crippen molar-refractivity contribution >= 4 is 29.6 Å². The Hall–Kier alpha value is -2.54. The van der Waals surface area contributed by atoms with E-state index < -0.39 is 12.0 Å². The third-order valence-electron chi connectivity index (χ3n) is 3.58. The lowest BCUT2D eigenvalue weighted by Crippen LogP contribution is -2.39. The first-order valence-electron chi connectivity index (χ1n) is 7.90. The van der Waals surface area contributed by atoms with Gasteiger partial charge in [-0.2, -0.15) is 0 Å². The van der Waals surface area contributed by atoms with Crippen LogP contribution in [-0.2, 0) is 11.2 Å². The molecule has 0 aliphatic carbocycles. The number of carboxylic acids is 1. The molecular formula is C18H21N3O3S. The molecule has 1 unspecified atom stereocenters. The normalized spacial score (nSPS) is 11.6. The lowest BCUT2D eigenvalue weighted by atomic mass is 10.0. The molecule has 1 atom stereocenters. The number of carbonyl (C=O) groups excluding carboxylic acids is 1. The first kappa shape index (κ1) is 18.8. The molecule has 3 N–H and O–H groups in total. The summed E-state index contributed by atoms with van der Waals surface area (Å²) in [7, 11) is 0. The maximum Gasteiger partial charge on any atom is 0.320 e. The Kier molecular flexibility index (Phi) is 7.28.